The zero-order chi connectivity index (χ0) is 20.8. The number of esters is 1. The predicted molar refractivity (Wildman–Crippen MR) is 106 cm³/mol. The zero-order valence-corrected chi connectivity index (χ0v) is 16.2. The van der Waals surface area contributed by atoms with Crippen LogP contribution in [-0.2, 0) is 14.3 Å². The summed E-state index contributed by atoms with van der Waals surface area (Å²) in [6, 6.07) is 12.7. The Kier molecular flexibility index (Phi) is 6.59. The van der Waals surface area contributed by atoms with Crippen molar-refractivity contribution in [3.05, 3.63) is 65.5 Å². The molecule has 0 unspecified atom stereocenters. The van der Waals surface area contributed by atoms with Crippen LogP contribution in [0.5, 0.6) is 0 Å². The van der Waals surface area contributed by atoms with Gasteiger partial charge in [-0.2, -0.15) is 0 Å². The molecule has 0 radical (unpaired) electrons. The van der Waals surface area contributed by atoms with Gasteiger partial charge in [-0.15, -0.1) is 0 Å². The number of hydrogen-bond donors (Lipinski definition) is 1. The SMILES string of the molecule is Cc1ccccc1NC(=O)COC(=O)C1CCN(C(=O)c2ccc(F)cc2)CC1. The normalized spacial score (nSPS) is 14.3. The number of likely N-dealkylation sites (tertiary alicyclic amines) is 1. The van der Waals surface area contributed by atoms with Crippen LogP contribution in [0.15, 0.2) is 48.5 Å². The van der Waals surface area contributed by atoms with E-state index in [-0.39, 0.29) is 18.4 Å². The highest BCUT2D eigenvalue weighted by molar-refractivity contribution is 5.95. The maximum atomic E-state index is 13.0. The number of nitrogens with one attached hydrogen (secondary N) is 1. The van der Waals surface area contributed by atoms with Gasteiger partial charge in [-0.25, -0.2) is 4.39 Å². The van der Waals surface area contributed by atoms with Crippen molar-refractivity contribution in [1.29, 1.82) is 0 Å². The number of nitrogens with zero attached hydrogens (tertiary/aromatic N) is 1. The largest absolute Gasteiger partial charge is 0.455 e. The summed E-state index contributed by atoms with van der Waals surface area (Å²) < 4.78 is 18.2. The van der Waals surface area contributed by atoms with Crippen molar-refractivity contribution in [1.82, 2.24) is 4.90 Å². The third kappa shape index (κ3) is 5.40. The summed E-state index contributed by atoms with van der Waals surface area (Å²) in [4.78, 5) is 38.3. The molecule has 1 aliphatic heterocycles. The molecule has 0 spiro atoms. The second-order valence-electron chi connectivity index (χ2n) is 7.04. The van der Waals surface area contributed by atoms with E-state index >= 15 is 0 Å². The summed E-state index contributed by atoms with van der Waals surface area (Å²) in [5.41, 5.74) is 2.02. The molecule has 0 aromatic heterocycles. The van der Waals surface area contributed by atoms with Gasteiger partial charge >= 0.3 is 5.97 Å². The number of piperidine rings is 1. The number of hydrogen-bond acceptors (Lipinski definition) is 4. The van der Waals surface area contributed by atoms with Gasteiger partial charge in [-0.1, -0.05) is 18.2 Å². The van der Waals surface area contributed by atoms with Crippen molar-refractivity contribution < 1.29 is 23.5 Å². The number of carbonyl (C=O) groups is 3. The van der Waals surface area contributed by atoms with Crippen LogP contribution < -0.4 is 5.32 Å². The van der Waals surface area contributed by atoms with E-state index in [0.29, 0.717) is 37.2 Å². The number of anilines is 1. The molecular weight excluding hydrogens is 375 g/mol. The van der Waals surface area contributed by atoms with Crippen LogP contribution in [-0.4, -0.2) is 42.4 Å². The number of halogens is 1. The first-order valence-corrected chi connectivity index (χ1v) is 9.51. The Morgan fingerprint density at radius 3 is 2.38 bits per heavy atom. The molecular formula is C22H23FN2O4. The molecule has 0 bridgehead atoms. The fourth-order valence-corrected chi connectivity index (χ4v) is 3.25. The van der Waals surface area contributed by atoms with E-state index in [2.05, 4.69) is 5.32 Å². The smallest absolute Gasteiger partial charge is 0.309 e. The maximum absolute atomic E-state index is 13.0. The van der Waals surface area contributed by atoms with E-state index in [4.69, 9.17) is 4.74 Å². The molecule has 0 saturated carbocycles. The standard InChI is InChI=1S/C22H23FN2O4/c1-15-4-2-3-5-19(15)24-20(26)14-29-22(28)17-10-12-25(13-11-17)21(27)16-6-8-18(23)9-7-16/h2-9,17H,10-14H2,1H3,(H,24,26). The van der Waals surface area contributed by atoms with E-state index < -0.39 is 17.7 Å². The zero-order valence-electron chi connectivity index (χ0n) is 16.2. The molecule has 29 heavy (non-hydrogen) atoms. The minimum Gasteiger partial charge on any atom is -0.455 e. The number of aryl methyl sites for hydroxylation is 1. The number of carbonyl (C=O) groups excluding carboxylic acids is 3. The van der Waals surface area contributed by atoms with Gasteiger partial charge in [0.05, 0.1) is 5.92 Å². The monoisotopic (exact) mass is 398 g/mol. The molecule has 6 nitrogen and oxygen atoms in total. The maximum Gasteiger partial charge on any atom is 0.309 e. The average Bonchev–Trinajstić information content (AvgIpc) is 2.74. The first-order valence-electron chi connectivity index (χ1n) is 9.51. The van der Waals surface area contributed by atoms with Crippen LogP contribution in [0, 0.1) is 18.7 Å². The molecule has 152 valence electrons. The number of amides is 2. The minimum atomic E-state index is -0.432. The number of benzene rings is 2. The summed E-state index contributed by atoms with van der Waals surface area (Å²) in [6.07, 6.45) is 0.927. The van der Waals surface area contributed by atoms with Crippen molar-refractivity contribution in [2.45, 2.75) is 19.8 Å². The van der Waals surface area contributed by atoms with Crippen molar-refractivity contribution in [3.63, 3.8) is 0 Å². The third-order valence-electron chi connectivity index (χ3n) is 4.97. The van der Waals surface area contributed by atoms with Crippen LogP contribution in [0.1, 0.15) is 28.8 Å². The number of rotatable bonds is 5. The van der Waals surface area contributed by atoms with Gasteiger partial charge in [-0.3, -0.25) is 14.4 Å². The van der Waals surface area contributed by atoms with E-state index in [1.165, 1.54) is 24.3 Å². The molecule has 0 aliphatic carbocycles. The lowest BCUT2D eigenvalue weighted by atomic mass is 9.96. The summed E-state index contributed by atoms with van der Waals surface area (Å²) in [5.74, 6) is -1.75. The van der Waals surface area contributed by atoms with E-state index in [9.17, 15) is 18.8 Å². The van der Waals surface area contributed by atoms with Gasteiger partial charge in [0.1, 0.15) is 5.82 Å². The molecule has 1 heterocycles. The topological polar surface area (TPSA) is 75.7 Å². The second kappa shape index (κ2) is 9.32. The van der Waals surface area contributed by atoms with E-state index in [1.807, 2.05) is 25.1 Å². The average molecular weight is 398 g/mol. The molecule has 2 amide bonds. The van der Waals surface area contributed by atoms with Gasteiger partial charge in [0.25, 0.3) is 11.8 Å². The fraction of sp³-hybridized carbons (Fsp3) is 0.318. The van der Waals surface area contributed by atoms with Crippen molar-refractivity contribution >= 4 is 23.5 Å². The Balaban J connectivity index is 1.44. The highest BCUT2D eigenvalue weighted by Crippen LogP contribution is 2.21. The third-order valence-corrected chi connectivity index (χ3v) is 4.97. The molecule has 3 rings (SSSR count). The van der Waals surface area contributed by atoms with E-state index in [0.717, 1.165) is 5.56 Å². The lowest BCUT2D eigenvalue weighted by molar-refractivity contribution is -0.152. The second-order valence-corrected chi connectivity index (χ2v) is 7.04. The van der Waals surface area contributed by atoms with Crippen molar-refractivity contribution in [3.8, 4) is 0 Å². The molecule has 1 aliphatic rings. The molecule has 0 atom stereocenters. The Hall–Kier alpha value is -3.22. The predicted octanol–water partition coefficient (Wildman–Crippen LogP) is 3.17. The van der Waals surface area contributed by atoms with E-state index in [1.54, 1.807) is 11.0 Å². The molecule has 1 saturated heterocycles. The Bertz CT molecular complexity index is 890. The molecule has 2 aromatic rings. The van der Waals surface area contributed by atoms with Gasteiger partial charge in [0.2, 0.25) is 0 Å². The molecule has 2 aromatic carbocycles. The first-order chi connectivity index (χ1) is 13.9. The first kappa shape index (κ1) is 20.5. The van der Waals surface area contributed by atoms with Crippen molar-refractivity contribution in [2.75, 3.05) is 25.0 Å². The lowest BCUT2D eigenvalue weighted by Gasteiger charge is -2.31. The summed E-state index contributed by atoms with van der Waals surface area (Å²) in [6.45, 7) is 2.35. The van der Waals surface area contributed by atoms with Gasteiger partial charge in [-0.05, 0) is 55.7 Å². The molecule has 7 heteroatoms. The van der Waals surface area contributed by atoms with Crippen LogP contribution in [0.25, 0.3) is 0 Å². The Morgan fingerprint density at radius 2 is 1.72 bits per heavy atom. The summed E-state index contributed by atoms with van der Waals surface area (Å²) in [5, 5.41) is 2.72. The van der Waals surface area contributed by atoms with Crippen LogP contribution in [0.3, 0.4) is 0 Å². The number of ether oxygens (including phenoxy) is 1. The van der Waals surface area contributed by atoms with Crippen molar-refractivity contribution in [2.24, 2.45) is 5.92 Å². The Labute approximate surface area is 168 Å². The fourth-order valence-electron chi connectivity index (χ4n) is 3.25. The van der Waals surface area contributed by atoms with Gasteiger partial charge in [0, 0.05) is 24.3 Å². The van der Waals surface area contributed by atoms with Crippen LogP contribution in [0.2, 0.25) is 0 Å². The van der Waals surface area contributed by atoms with Crippen LogP contribution in [0.4, 0.5) is 10.1 Å². The van der Waals surface area contributed by atoms with Gasteiger partial charge < -0.3 is 15.0 Å². The quantitative estimate of drug-likeness (QED) is 0.785. The lowest BCUT2D eigenvalue weighted by Crippen LogP contribution is -2.41. The number of para-hydroxylation sites is 1. The molecule has 1 N–H and O–H groups in total. The highest BCUT2D eigenvalue weighted by Gasteiger charge is 2.29. The minimum absolute atomic E-state index is 0.186. The van der Waals surface area contributed by atoms with Gasteiger partial charge in [0.15, 0.2) is 6.61 Å². The summed E-state index contributed by atoms with van der Waals surface area (Å²) >= 11 is 0. The Morgan fingerprint density at radius 1 is 1.07 bits per heavy atom. The summed E-state index contributed by atoms with van der Waals surface area (Å²) in [7, 11) is 0. The highest BCUT2D eigenvalue weighted by atomic mass is 19.1. The molecule has 1 fully saturated rings. The van der Waals surface area contributed by atoms with Crippen LogP contribution >= 0.6 is 0 Å².